The molecule has 0 unspecified atom stereocenters. The molecule has 1 aromatic rings. The molecule has 1 heterocycles. The van der Waals surface area contributed by atoms with E-state index in [1.807, 2.05) is 19.1 Å². The van der Waals surface area contributed by atoms with Crippen molar-refractivity contribution < 1.29 is 8.42 Å². The molecule has 0 amide bonds. The molecule has 88 valence electrons. The molecular formula is C12H17NO2S. The third kappa shape index (κ3) is 2.62. The van der Waals surface area contributed by atoms with Crippen LogP contribution < -0.4 is 5.32 Å². The van der Waals surface area contributed by atoms with E-state index in [-0.39, 0.29) is 11.8 Å². The van der Waals surface area contributed by atoms with Gasteiger partial charge in [0.05, 0.1) is 10.6 Å². The Morgan fingerprint density at radius 2 is 2.00 bits per heavy atom. The second kappa shape index (κ2) is 4.55. The summed E-state index contributed by atoms with van der Waals surface area (Å²) in [5.41, 5.74) is 1.08. The molecule has 1 atom stereocenters. The highest BCUT2D eigenvalue weighted by Gasteiger charge is 2.23. The summed E-state index contributed by atoms with van der Waals surface area (Å²) in [4.78, 5) is 0.437. The minimum Gasteiger partial charge on any atom is -0.313 e. The lowest BCUT2D eigenvalue weighted by Crippen LogP contribution is -2.29. The Morgan fingerprint density at radius 1 is 1.31 bits per heavy atom. The third-order valence-electron chi connectivity index (χ3n) is 2.96. The van der Waals surface area contributed by atoms with Crippen molar-refractivity contribution in [3.05, 3.63) is 29.8 Å². The van der Waals surface area contributed by atoms with Crippen molar-refractivity contribution in [3.63, 3.8) is 0 Å². The largest absolute Gasteiger partial charge is 0.313 e. The van der Waals surface area contributed by atoms with Crippen LogP contribution in [0.15, 0.2) is 29.2 Å². The first kappa shape index (κ1) is 11.6. The highest BCUT2D eigenvalue weighted by molar-refractivity contribution is 7.91. The van der Waals surface area contributed by atoms with Crippen LogP contribution in [0, 0.1) is 6.92 Å². The molecule has 3 nitrogen and oxygen atoms in total. The first-order valence-electron chi connectivity index (χ1n) is 5.61. The second-order valence-corrected chi connectivity index (χ2v) is 6.42. The lowest BCUT2D eigenvalue weighted by Gasteiger charge is -2.10. The number of rotatable bonds is 3. The molecule has 2 rings (SSSR count). The molecule has 0 radical (unpaired) electrons. The third-order valence-corrected chi connectivity index (χ3v) is 4.79. The summed E-state index contributed by atoms with van der Waals surface area (Å²) in [6, 6.07) is 7.20. The topological polar surface area (TPSA) is 46.2 Å². The van der Waals surface area contributed by atoms with Gasteiger partial charge in [-0.15, -0.1) is 0 Å². The maximum absolute atomic E-state index is 12.1. The molecule has 0 spiro atoms. The van der Waals surface area contributed by atoms with Gasteiger partial charge in [0, 0.05) is 6.04 Å². The van der Waals surface area contributed by atoms with Gasteiger partial charge in [0.25, 0.3) is 0 Å². The van der Waals surface area contributed by atoms with Gasteiger partial charge in [-0.05, 0) is 38.4 Å². The van der Waals surface area contributed by atoms with Crippen LogP contribution in [0.3, 0.4) is 0 Å². The fourth-order valence-corrected chi connectivity index (χ4v) is 3.56. The molecule has 16 heavy (non-hydrogen) atoms. The van der Waals surface area contributed by atoms with E-state index in [1.54, 1.807) is 12.1 Å². The van der Waals surface area contributed by atoms with Crippen LogP contribution in [-0.4, -0.2) is 26.8 Å². The van der Waals surface area contributed by atoms with E-state index in [0.29, 0.717) is 4.90 Å². The normalized spacial score (nSPS) is 21.2. The Morgan fingerprint density at radius 3 is 2.56 bits per heavy atom. The van der Waals surface area contributed by atoms with E-state index in [2.05, 4.69) is 5.32 Å². The average molecular weight is 239 g/mol. The SMILES string of the molecule is Cc1ccc(S(=O)(=O)C[C@@H]2CCCN2)cc1. The maximum atomic E-state index is 12.1. The van der Waals surface area contributed by atoms with E-state index in [0.717, 1.165) is 24.9 Å². The molecule has 1 saturated heterocycles. The Bertz CT molecular complexity index is 444. The predicted molar refractivity (Wildman–Crippen MR) is 64.3 cm³/mol. The number of hydrogen-bond donors (Lipinski definition) is 1. The number of benzene rings is 1. The molecule has 0 aromatic heterocycles. The van der Waals surface area contributed by atoms with Gasteiger partial charge in [0.15, 0.2) is 9.84 Å². The van der Waals surface area contributed by atoms with E-state index < -0.39 is 9.84 Å². The van der Waals surface area contributed by atoms with Crippen LogP contribution in [0.1, 0.15) is 18.4 Å². The zero-order valence-electron chi connectivity index (χ0n) is 9.44. The van der Waals surface area contributed by atoms with Crippen molar-refractivity contribution in [2.24, 2.45) is 0 Å². The summed E-state index contributed by atoms with van der Waals surface area (Å²) < 4.78 is 24.1. The van der Waals surface area contributed by atoms with Gasteiger partial charge in [-0.3, -0.25) is 0 Å². The highest BCUT2D eigenvalue weighted by atomic mass is 32.2. The van der Waals surface area contributed by atoms with Gasteiger partial charge >= 0.3 is 0 Å². The Hall–Kier alpha value is -0.870. The molecule has 1 aliphatic rings. The molecule has 0 aliphatic carbocycles. The summed E-state index contributed by atoms with van der Waals surface area (Å²) >= 11 is 0. The zero-order valence-corrected chi connectivity index (χ0v) is 10.3. The number of sulfone groups is 1. The van der Waals surface area contributed by atoms with Gasteiger partial charge in [-0.2, -0.15) is 0 Å². The maximum Gasteiger partial charge on any atom is 0.179 e. The first-order chi connectivity index (χ1) is 7.58. The monoisotopic (exact) mass is 239 g/mol. The minimum absolute atomic E-state index is 0.131. The van der Waals surface area contributed by atoms with Gasteiger partial charge in [0.1, 0.15) is 0 Å². The molecule has 1 fully saturated rings. The molecule has 0 bridgehead atoms. The molecule has 1 N–H and O–H groups in total. The summed E-state index contributed by atoms with van der Waals surface area (Å²) in [7, 11) is -3.12. The van der Waals surface area contributed by atoms with Crippen molar-refractivity contribution in [2.45, 2.75) is 30.7 Å². The second-order valence-electron chi connectivity index (χ2n) is 4.39. The van der Waals surface area contributed by atoms with Crippen molar-refractivity contribution in [1.82, 2.24) is 5.32 Å². The zero-order chi connectivity index (χ0) is 11.6. The summed E-state index contributed by atoms with van der Waals surface area (Å²) in [5.74, 6) is 0.218. The van der Waals surface area contributed by atoms with Crippen molar-refractivity contribution in [2.75, 3.05) is 12.3 Å². The van der Waals surface area contributed by atoms with Gasteiger partial charge in [0.2, 0.25) is 0 Å². The Balaban J connectivity index is 2.14. The molecule has 4 heteroatoms. The van der Waals surface area contributed by atoms with Gasteiger partial charge < -0.3 is 5.32 Å². The fourth-order valence-electron chi connectivity index (χ4n) is 2.01. The number of hydrogen-bond acceptors (Lipinski definition) is 3. The summed E-state index contributed by atoms with van der Waals surface area (Å²) in [6.07, 6.45) is 2.04. The Labute approximate surface area is 96.8 Å². The average Bonchev–Trinajstić information content (AvgIpc) is 2.70. The number of aryl methyl sites for hydroxylation is 1. The predicted octanol–water partition coefficient (Wildman–Crippen LogP) is 1.52. The molecule has 0 saturated carbocycles. The van der Waals surface area contributed by atoms with E-state index in [9.17, 15) is 8.42 Å². The molecule has 1 aromatic carbocycles. The van der Waals surface area contributed by atoms with Crippen LogP contribution in [0.25, 0.3) is 0 Å². The molecular weight excluding hydrogens is 222 g/mol. The van der Waals surface area contributed by atoms with Crippen LogP contribution in [-0.2, 0) is 9.84 Å². The van der Waals surface area contributed by atoms with Crippen molar-refractivity contribution in [3.8, 4) is 0 Å². The van der Waals surface area contributed by atoms with E-state index in [4.69, 9.17) is 0 Å². The smallest absolute Gasteiger partial charge is 0.179 e. The van der Waals surface area contributed by atoms with Crippen LogP contribution >= 0.6 is 0 Å². The standard InChI is InChI=1S/C12H17NO2S/c1-10-4-6-12(7-5-10)16(14,15)9-11-3-2-8-13-11/h4-7,11,13H,2-3,8-9H2,1H3/t11-/m0/s1. The number of nitrogens with one attached hydrogen (secondary N) is 1. The van der Waals surface area contributed by atoms with Gasteiger partial charge in [-0.25, -0.2) is 8.42 Å². The Kier molecular flexibility index (Phi) is 3.30. The van der Waals surface area contributed by atoms with Crippen molar-refractivity contribution in [1.29, 1.82) is 0 Å². The van der Waals surface area contributed by atoms with Crippen LogP contribution in [0.2, 0.25) is 0 Å². The lowest BCUT2D eigenvalue weighted by molar-refractivity contribution is 0.577. The van der Waals surface area contributed by atoms with Crippen molar-refractivity contribution >= 4 is 9.84 Å². The summed E-state index contributed by atoms with van der Waals surface area (Å²) in [6.45, 7) is 2.89. The van der Waals surface area contributed by atoms with Crippen LogP contribution in [0.5, 0.6) is 0 Å². The highest BCUT2D eigenvalue weighted by Crippen LogP contribution is 2.16. The minimum atomic E-state index is -3.12. The van der Waals surface area contributed by atoms with Crippen LogP contribution in [0.4, 0.5) is 0 Å². The quantitative estimate of drug-likeness (QED) is 0.870. The van der Waals surface area contributed by atoms with E-state index in [1.165, 1.54) is 0 Å². The van der Waals surface area contributed by atoms with E-state index >= 15 is 0 Å². The fraction of sp³-hybridized carbons (Fsp3) is 0.500. The van der Waals surface area contributed by atoms with Gasteiger partial charge in [-0.1, -0.05) is 17.7 Å². The molecule has 1 aliphatic heterocycles. The first-order valence-corrected chi connectivity index (χ1v) is 7.26. The lowest BCUT2D eigenvalue weighted by atomic mass is 10.2. The summed E-state index contributed by atoms with van der Waals surface area (Å²) in [5, 5.41) is 3.21.